The van der Waals surface area contributed by atoms with Gasteiger partial charge in [0.05, 0.1) is 24.3 Å². The highest BCUT2D eigenvalue weighted by Crippen LogP contribution is 2.49. The molecule has 15 heteroatoms. The van der Waals surface area contributed by atoms with Crippen LogP contribution < -0.4 is 15.4 Å². The van der Waals surface area contributed by atoms with Gasteiger partial charge in [-0.05, 0) is 71.6 Å². The van der Waals surface area contributed by atoms with Gasteiger partial charge in [0.2, 0.25) is 28.3 Å². The number of hydrogen-bond donors (Lipinski definition) is 3. The number of ether oxygens (including phenoxy) is 2. The second-order valence-electron chi connectivity index (χ2n) is 17.8. The number of carbonyl (C=O) groups excluding carboxylic acids is 4. The minimum Gasteiger partial charge on any atom is -0.449 e. The number of sulfonamides is 1. The Morgan fingerprint density at radius 2 is 1.70 bits per heavy atom. The summed E-state index contributed by atoms with van der Waals surface area (Å²) in [6.07, 6.45) is -0.343. The van der Waals surface area contributed by atoms with E-state index >= 15 is 0 Å². The first kappa shape index (κ1) is 41.5. The SMILES string of the molecule is CO[C@@]12C[C@@H](C(=O)N[C@]3(C(=O)NS(=O)(=O)C4CC4)C[C@H]3C(F)F)N(C1)C(=O)[C@H](C(C)(C)C)NC(=O)OCC(C)(C)CCCCc1ccccc1-c1ccc2cc1. The molecule has 56 heavy (non-hydrogen) atoms. The smallest absolute Gasteiger partial charge is 0.407 e. The maximum Gasteiger partial charge on any atom is 0.407 e. The molecule has 3 N–H and O–H groups in total. The molecular formula is C41H54F2N4O8S. The van der Waals surface area contributed by atoms with Crippen molar-refractivity contribution >= 4 is 33.8 Å². The van der Waals surface area contributed by atoms with E-state index in [0.717, 1.165) is 36.8 Å². The number of halogens is 2. The summed E-state index contributed by atoms with van der Waals surface area (Å²) in [5.41, 5.74) is -0.885. The summed E-state index contributed by atoms with van der Waals surface area (Å²) in [5, 5.41) is 4.40. The highest BCUT2D eigenvalue weighted by Gasteiger charge is 2.67. The quantitative estimate of drug-likeness (QED) is 0.334. The summed E-state index contributed by atoms with van der Waals surface area (Å²) in [6.45, 7) is 9.21. The lowest BCUT2D eigenvalue weighted by atomic mass is 9.85. The van der Waals surface area contributed by atoms with Gasteiger partial charge in [-0.2, -0.15) is 0 Å². The van der Waals surface area contributed by atoms with Crippen molar-refractivity contribution in [3.8, 4) is 11.1 Å². The van der Waals surface area contributed by atoms with E-state index in [1.807, 2.05) is 55.0 Å². The van der Waals surface area contributed by atoms with E-state index in [0.29, 0.717) is 18.4 Å². The number of methoxy groups -OCH3 is 1. The number of aryl methyl sites for hydroxylation is 1. The Morgan fingerprint density at radius 1 is 1.02 bits per heavy atom. The van der Waals surface area contributed by atoms with Gasteiger partial charge in [0.1, 0.15) is 23.2 Å². The Hall–Kier alpha value is -4.11. The molecule has 2 aromatic carbocycles. The van der Waals surface area contributed by atoms with Crippen LogP contribution in [0.3, 0.4) is 0 Å². The predicted octanol–water partition coefficient (Wildman–Crippen LogP) is 5.44. The number of amides is 4. The lowest BCUT2D eigenvalue weighted by Gasteiger charge is -2.36. The molecule has 3 fully saturated rings. The molecular weight excluding hydrogens is 747 g/mol. The summed E-state index contributed by atoms with van der Waals surface area (Å²) in [6, 6.07) is 13.3. The van der Waals surface area contributed by atoms with Crippen LogP contribution in [0.1, 0.15) is 90.7 Å². The Labute approximate surface area is 327 Å². The van der Waals surface area contributed by atoms with E-state index in [9.17, 15) is 36.4 Å². The van der Waals surface area contributed by atoms with Crippen LogP contribution in [0.15, 0.2) is 48.5 Å². The van der Waals surface area contributed by atoms with Gasteiger partial charge < -0.3 is 25.0 Å². The summed E-state index contributed by atoms with van der Waals surface area (Å²) >= 11 is 0. The summed E-state index contributed by atoms with van der Waals surface area (Å²) in [7, 11) is -2.68. The number of hydrogen-bond acceptors (Lipinski definition) is 8. The lowest BCUT2D eigenvalue weighted by Crippen LogP contribution is -2.60. The number of nitrogens with zero attached hydrogens (tertiary/aromatic N) is 1. The molecule has 306 valence electrons. The Kier molecular flexibility index (Phi) is 11.4. The third-order valence-electron chi connectivity index (χ3n) is 11.8. The minimum absolute atomic E-state index is 0.0970. The summed E-state index contributed by atoms with van der Waals surface area (Å²) in [4.78, 5) is 57.3. The molecule has 4 amide bonds. The number of alkyl carbamates (subject to hydrolysis) is 1. The molecule has 0 spiro atoms. The maximum absolute atomic E-state index is 14.8. The Bertz CT molecular complexity index is 1950. The largest absolute Gasteiger partial charge is 0.449 e. The fourth-order valence-corrected chi connectivity index (χ4v) is 9.42. The van der Waals surface area contributed by atoms with Crippen LogP contribution in [0, 0.1) is 16.7 Å². The molecule has 1 saturated heterocycles. The number of rotatable bonds is 7. The molecule has 2 aromatic rings. The molecule has 3 heterocycles. The fraction of sp³-hybridized carbons (Fsp3) is 0.610. The van der Waals surface area contributed by atoms with Crippen LogP contribution in [0.4, 0.5) is 13.6 Å². The zero-order chi connectivity index (χ0) is 40.8. The number of alkyl halides is 2. The standard InChI is InChI=1S/C41H54F2N4O8S/c1-38(2,3)32-35(49)47-23-40(54-6,22-31(47)34(48)45-41(21-30(41)33(42)43)36(50)46-56(52,53)28-18-19-28)27-16-14-26(15-17-27)29-13-8-7-11-25(29)12-9-10-20-39(4,5)24-55-37(51)44-32/h7-8,11,13-17,28,30-33H,9-10,12,18-24H2,1-6H3,(H,44,51)(H,45,48)(H,46,50)/t30-,31-,32+,40-,41+/m0/s1. The van der Waals surface area contributed by atoms with Crippen LogP contribution >= 0.6 is 0 Å². The monoisotopic (exact) mass is 800 g/mol. The van der Waals surface area contributed by atoms with Gasteiger partial charge in [-0.15, -0.1) is 0 Å². The van der Waals surface area contributed by atoms with Crippen molar-refractivity contribution in [2.24, 2.45) is 16.7 Å². The minimum atomic E-state index is -4.13. The Balaban J connectivity index is 1.39. The number of carbonyl (C=O) groups is 4. The zero-order valence-corrected chi connectivity index (χ0v) is 33.8. The van der Waals surface area contributed by atoms with Crippen LogP contribution in [0.2, 0.25) is 0 Å². The third-order valence-corrected chi connectivity index (χ3v) is 13.6. The molecule has 5 aliphatic rings. The van der Waals surface area contributed by atoms with Gasteiger partial charge in [-0.25, -0.2) is 22.0 Å². The lowest BCUT2D eigenvalue weighted by molar-refractivity contribution is -0.143. The van der Waals surface area contributed by atoms with Gasteiger partial charge in [0.25, 0.3) is 5.91 Å². The molecule has 2 saturated carbocycles. The first-order valence-electron chi connectivity index (χ1n) is 19.4. The van der Waals surface area contributed by atoms with E-state index < -0.39 is 86.5 Å². The third kappa shape index (κ3) is 8.58. The molecule has 12 nitrogen and oxygen atoms in total. The average Bonchev–Trinajstić information content (AvgIpc) is 4.07. The van der Waals surface area contributed by atoms with Crippen molar-refractivity contribution in [3.05, 3.63) is 59.7 Å². The summed E-state index contributed by atoms with van der Waals surface area (Å²) in [5.74, 6) is -4.46. The molecule has 4 bridgehead atoms. The van der Waals surface area contributed by atoms with Crippen molar-refractivity contribution in [1.82, 2.24) is 20.3 Å². The van der Waals surface area contributed by atoms with E-state index in [4.69, 9.17) is 9.47 Å². The normalized spacial score (nSPS) is 28.5. The van der Waals surface area contributed by atoms with Crippen LogP contribution in [0.5, 0.6) is 0 Å². The van der Waals surface area contributed by atoms with Crippen molar-refractivity contribution in [1.29, 1.82) is 0 Å². The van der Waals surface area contributed by atoms with Gasteiger partial charge in [-0.3, -0.25) is 19.1 Å². The molecule has 2 aliphatic carbocycles. The van der Waals surface area contributed by atoms with E-state index in [1.54, 1.807) is 20.8 Å². The molecule has 0 aromatic heterocycles. The van der Waals surface area contributed by atoms with E-state index in [-0.39, 0.29) is 25.0 Å². The zero-order valence-electron chi connectivity index (χ0n) is 33.0. The molecule has 5 atom stereocenters. The van der Waals surface area contributed by atoms with E-state index in [2.05, 4.69) is 22.8 Å². The fourth-order valence-electron chi connectivity index (χ4n) is 8.05. The van der Waals surface area contributed by atoms with Crippen molar-refractivity contribution < 1.29 is 45.9 Å². The second kappa shape index (κ2) is 15.3. The molecule has 0 unspecified atom stereocenters. The topological polar surface area (TPSA) is 160 Å². The number of benzene rings is 2. The number of nitrogens with one attached hydrogen (secondary N) is 3. The van der Waals surface area contributed by atoms with Gasteiger partial charge in [-0.1, -0.05) is 89.6 Å². The van der Waals surface area contributed by atoms with Crippen LogP contribution in [-0.4, -0.2) is 86.7 Å². The van der Waals surface area contributed by atoms with Gasteiger partial charge in [0.15, 0.2) is 0 Å². The van der Waals surface area contributed by atoms with Crippen LogP contribution in [-0.2, 0) is 45.9 Å². The molecule has 3 aliphatic heterocycles. The van der Waals surface area contributed by atoms with Crippen molar-refractivity contribution in [3.63, 3.8) is 0 Å². The van der Waals surface area contributed by atoms with Crippen molar-refractivity contribution in [2.45, 2.75) is 121 Å². The number of fused-ring (bicyclic) bond motifs is 12. The Morgan fingerprint density at radius 3 is 2.30 bits per heavy atom. The molecule has 0 radical (unpaired) electrons. The summed E-state index contributed by atoms with van der Waals surface area (Å²) < 4.78 is 67.6. The van der Waals surface area contributed by atoms with Gasteiger partial charge in [0, 0.05) is 13.5 Å². The molecule has 7 rings (SSSR count). The second-order valence-corrected chi connectivity index (χ2v) is 19.8. The first-order chi connectivity index (χ1) is 26.2. The highest BCUT2D eigenvalue weighted by molar-refractivity contribution is 7.91. The first-order valence-corrected chi connectivity index (χ1v) is 20.9. The maximum atomic E-state index is 14.8. The van der Waals surface area contributed by atoms with Crippen molar-refractivity contribution in [2.75, 3.05) is 20.3 Å². The average molecular weight is 801 g/mol. The van der Waals surface area contributed by atoms with Gasteiger partial charge >= 0.3 is 6.09 Å². The van der Waals surface area contributed by atoms with E-state index in [1.165, 1.54) is 17.6 Å². The predicted molar refractivity (Wildman–Crippen MR) is 205 cm³/mol. The highest BCUT2D eigenvalue weighted by atomic mass is 32.2. The van der Waals surface area contributed by atoms with Crippen LogP contribution in [0.25, 0.3) is 11.1 Å².